The van der Waals surface area contributed by atoms with Gasteiger partial charge in [-0.2, -0.15) is 0 Å². The molecule has 1 aromatic rings. The number of aliphatic carboxylic acids is 1. The highest BCUT2D eigenvalue weighted by atomic mass is 16.4. The van der Waals surface area contributed by atoms with Crippen molar-refractivity contribution in [3.8, 4) is 0 Å². The molecule has 5 heteroatoms. The monoisotopic (exact) mass is 184 g/mol. The molecule has 0 amide bonds. The average molecular weight is 184 g/mol. The summed E-state index contributed by atoms with van der Waals surface area (Å²) in [6.07, 6.45) is -1.37. The number of carboxylic acid groups (broad SMARTS) is 1. The Morgan fingerprint density at radius 1 is 1.62 bits per heavy atom. The molecule has 72 valence electrons. The van der Waals surface area contributed by atoms with E-state index in [9.17, 15) is 4.79 Å². The fraction of sp³-hybridized carbons (Fsp3) is 0.500. The van der Waals surface area contributed by atoms with Gasteiger partial charge in [0.25, 0.3) is 0 Å². The van der Waals surface area contributed by atoms with E-state index in [1.165, 1.54) is 0 Å². The number of hydrogen-bond acceptors (Lipinski definition) is 3. The molecule has 0 fully saturated rings. The SMILES string of the molecule is Cc1nc(CC(O)C(=O)O)[nH]c1C. The van der Waals surface area contributed by atoms with E-state index in [1.54, 1.807) is 0 Å². The van der Waals surface area contributed by atoms with Gasteiger partial charge in [0.2, 0.25) is 0 Å². The van der Waals surface area contributed by atoms with Crippen LogP contribution in [0.1, 0.15) is 17.2 Å². The number of aliphatic hydroxyl groups is 1. The summed E-state index contributed by atoms with van der Waals surface area (Å²) in [6.45, 7) is 3.67. The van der Waals surface area contributed by atoms with Crippen LogP contribution in [0.3, 0.4) is 0 Å². The maximum absolute atomic E-state index is 10.3. The summed E-state index contributed by atoms with van der Waals surface area (Å²) in [6, 6.07) is 0. The lowest BCUT2D eigenvalue weighted by Gasteiger charge is -2.00. The molecule has 1 heterocycles. The minimum atomic E-state index is -1.38. The van der Waals surface area contributed by atoms with Crippen LogP contribution >= 0.6 is 0 Å². The first-order valence-corrected chi connectivity index (χ1v) is 3.93. The molecule has 1 unspecified atom stereocenters. The molecule has 1 rings (SSSR count). The van der Waals surface area contributed by atoms with Crippen molar-refractivity contribution in [3.05, 3.63) is 17.2 Å². The van der Waals surface area contributed by atoms with Gasteiger partial charge in [0.05, 0.1) is 5.69 Å². The van der Waals surface area contributed by atoms with Crippen molar-refractivity contribution in [1.29, 1.82) is 0 Å². The maximum Gasteiger partial charge on any atom is 0.332 e. The van der Waals surface area contributed by atoms with Crippen LogP contribution < -0.4 is 0 Å². The summed E-state index contributed by atoms with van der Waals surface area (Å²) in [7, 11) is 0. The molecule has 0 aliphatic carbocycles. The Bertz CT molecular complexity index is 300. The molecule has 0 saturated carbocycles. The lowest BCUT2D eigenvalue weighted by atomic mass is 10.2. The molecule has 1 atom stereocenters. The summed E-state index contributed by atoms with van der Waals surface area (Å²) >= 11 is 0. The van der Waals surface area contributed by atoms with E-state index in [4.69, 9.17) is 10.2 Å². The number of H-pyrrole nitrogens is 1. The van der Waals surface area contributed by atoms with Crippen molar-refractivity contribution in [2.24, 2.45) is 0 Å². The summed E-state index contributed by atoms with van der Waals surface area (Å²) in [5.74, 6) is -0.725. The number of hydrogen-bond donors (Lipinski definition) is 3. The molecular formula is C8H12N2O3. The number of rotatable bonds is 3. The Kier molecular flexibility index (Phi) is 2.67. The Morgan fingerprint density at radius 2 is 2.23 bits per heavy atom. The molecular weight excluding hydrogens is 172 g/mol. The van der Waals surface area contributed by atoms with Crippen LogP contribution in [0.25, 0.3) is 0 Å². The number of imidazole rings is 1. The van der Waals surface area contributed by atoms with Gasteiger partial charge in [-0.1, -0.05) is 0 Å². The largest absolute Gasteiger partial charge is 0.479 e. The van der Waals surface area contributed by atoms with Crippen LogP contribution in [-0.2, 0) is 11.2 Å². The number of aromatic nitrogens is 2. The van der Waals surface area contributed by atoms with E-state index in [0.717, 1.165) is 11.4 Å². The van der Waals surface area contributed by atoms with Gasteiger partial charge in [-0.25, -0.2) is 9.78 Å². The van der Waals surface area contributed by atoms with E-state index in [2.05, 4.69) is 9.97 Å². The Balaban J connectivity index is 2.69. The minimum Gasteiger partial charge on any atom is -0.479 e. The van der Waals surface area contributed by atoms with Crippen LogP contribution in [0.4, 0.5) is 0 Å². The fourth-order valence-electron chi connectivity index (χ4n) is 0.988. The zero-order valence-electron chi connectivity index (χ0n) is 7.53. The molecule has 0 bridgehead atoms. The quantitative estimate of drug-likeness (QED) is 0.617. The number of nitrogens with one attached hydrogen (secondary N) is 1. The highest BCUT2D eigenvalue weighted by Crippen LogP contribution is 2.05. The lowest BCUT2D eigenvalue weighted by molar-refractivity contribution is -0.146. The molecule has 0 radical (unpaired) electrons. The predicted molar refractivity (Wildman–Crippen MR) is 45.4 cm³/mol. The number of aryl methyl sites for hydroxylation is 2. The van der Waals surface area contributed by atoms with Crippen molar-refractivity contribution in [1.82, 2.24) is 9.97 Å². The smallest absolute Gasteiger partial charge is 0.332 e. The van der Waals surface area contributed by atoms with Crippen LogP contribution in [0.2, 0.25) is 0 Å². The van der Waals surface area contributed by atoms with Crippen molar-refractivity contribution in [2.75, 3.05) is 0 Å². The van der Waals surface area contributed by atoms with Crippen molar-refractivity contribution in [3.63, 3.8) is 0 Å². The molecule has 0 aromatic carbocycles. The third-order valence-corrected chi connectivity index (χ3v) is 1.85. The number of carboxylic acids is 1. The van der Waals surface area contributed by atoms with Gasteiger partial charge in [-0.15, -0.1) is 0 Å². The maximum atomic E-state index is 10.3. The number of aliphatic hydroxyl groups excluding tert-OH is 1. The van der Waals surface area contributed by atoms with Gasteiger partial charge >= 0.3 is 5.97 Å². The molecule has 3 N–H and O–H groups in total. The van der Waals surface area contributed by atoms with Crippen molar-refractivity contribution < 1.29 is 15.0 Å². The standard InChI is InChI=1S/C8H12N2O3/c1-4-5(2)10-7(9-4)3-6(11)8(12)13/h6,11H,3H2,1-2H3,(H,9,10)(H,12,13). The third-order valence-electron chi connectivity index (χ3n) is 1.85. The highest BCUT2D eigenvalue weighted by Gasteiger charge is 2.15. The van der Waals surface area contributed by atoms with Crippen LogP contribution in [-0.4, -0.2) is 32.3 Å². The number of nitrogens with zero attached hydrogens (tertiary/aromatic N) is 1. The second-order valence-corrected chi connectivity index (χ2v) is 2.95. The van der Waals surface area contributed by atoms with E-state index in [-0.39, 0.29) is 6.42 Å². The molecule has 0 aliphatic heterocycles. The van der Waals surface area contributed by atoms with Crippen molar-refractivity contribution in [2.45, 2.75) is 26.4 Å². The van der Waals surface area contributed by atoms with E-state index < -0.39 is 12.1 Å². The first kappa shape index (κ1) is 9.73. The fourth-order valence-corrected chi connectivity index (χ4v) is 0.988. The molecule has 1 aromatic heterocycles. The molecule has 13 heavy (non-hydrogen) atoms. The number of carbonyl (C=O) groups is 1. The average Bonchev–Trinajstić information content (AvgIpc) is 2.31. The summed E-state index contributed by atoms with van der Waals surface area (Å²) in [5, 5.41) is 17.4. The zero-order valence-corrected chi connectivity index (χ0v) is 7.53. The second kappa shape index (κ2) is 3.57. The summed E-state index contributed by atoms with van der Waals surface area (Å²) in [4.78, 5) is 17.3. The Labute approximate surface area is 75.4 Å². The van der Waals surface area contributed by atoms with Crippen LogP contribution in [0.5, 0.6) is 0 Å². The first-order valence-electron chi connectivity index (χ1n) is 3.93. The highest BCUT2D eigenvalue weighted by molar-refractivity contribution is 5.72. The normalized spacial score (nSPS) is 12.8. The topological polar surface area (TPSA) is 86.2 Å². The van der Waals surface area contributed by atoms with Gasteiger partial charge in [-0.3, -0.25) is 0 Å². The van der Waals surface area contributed by atoms with Gasteiger partial charge < -0.3 is 15.2 Å². The molecule has 0 aliphatic rings. The van der Waals surface area contributed by atoms with E-state index in [1.807, 2.05) is 13.8 Å². The lowest BCUT2D eigenvalue weighted by Crippen LogP contribution is -2.22. The van der Waals surface area contributed by atoms with Gasteiger partial charge in [-0.05, 0) is 13.8 Å². The third kappa shape index (κ3) is 2.29. The zero-order chi connectivity index (χ0) is 10.0. The summed E-state index contributed by atoms with van der Waals surface area (Å²) in [5.41, 5.74) is 1.72. The van der Waals surface area contributed by atoms with Gasteiger partial charge in [0.1, 0.15) is 5.82 Å². The van der Waals surface area contributed by atoms with Crippen LogP contribution in [0, 0.1) is 13.8 Å². The predicted octanol–water partition coefficient (Wildman–Crippen LogP) is 0.0145. The van der Waals surface area contributed by atoms with Gasteiger partial charge in [0, 0.05) is 12.1 Å². The Hall–Kier alpha value is -1.36. The molecule has 0 saturated heterocycles. The summed E-state index contributed by atoms with van der Waals surface area (Å²) < 4.78 is 0. The second-order valence-electron chi connectivity index (χ2n) is 2.95. The van der Waals surface area contributed by atoms with Gasteiger partial charge in [0.15, 0.2) is 6.10 Å². The molecule has 5 nitrogen and oxygen atoms in total. The van der Waals surface area contributed by atoms with E-state index in [0.29, 0.717) is 5.82 Å². The Morgan fingerprint density at radius 3 is 2.62 bits per heavy atom. The van der Waals surface area contributed by atoms with Crippen molar-refractivity contribution >= 4 is 5.97 Å². The minimum absolute atomic E-state index is 0.0179. The number of aromatic amines is 1. The van der Waals surface area contributed by atoms with E-state index >= 15 is 0 Å². The van der Waals surface area contributed by atoms with Crippen LogP contribution in [0.15, 0.2) is 0 Å². The first-order chi connectivity index (χ1) is 6.00. The molecule has 0 spiro atoms.